The van der Waals surface area contributed by atoms with E-state index in [0.717, 1.165) is 0 Å². The molecule has 0 saturated carbocycles. The zero-order valence-corrected chi connectivity index (χ0v) is 14.0. The molecule has 0 radical (unpaired) electrons. The van der Waals surface area contributed by atoms with Crippen molar-refractivity contribution in [3.8, 4) is 23.0 Å². The molecule has 0 spiro atoms. The van der Waals surface area contributed by atoms with Crippen molar-refractivity contribution in [1.82, 2.24) is 0 Å². The first-order valence-corrected chi connectivity index (χ1v) is 7.14. The lowest BCUT2D eigenvalue weighted by molar-refractivity contribution is 0.261. The van der Waals surface area contributed by atoms with E-state index in [9.17, 15) is 4.79 Å². The smallest absolute Gasteiger partial charge is 0.324 e. The van der Waals surface area contributed by atoms with Crippen LogP contribution in [0.3, 0.4) is 0 Å². The Morgan fingerprint density at radius 1 is 0.792 bits per heavy atom. The fourth-order valence-corrected chi connectivity index (χ4v) is 2.15. The van der Waals surface area contributed by atoms with Crippen molar-refractivity contribution >= 4 is 17.4 Å². The summed E-state index contributed by atoms with van der Waals surface area (Å²) < 4.78 is 20.9. The first kappa shape index (κ1) is 17.3. The highest BCUT2D eigenvalue weighted by atomic mass is 16.5. The Hall–Kier alpha value is -3.09. The molecular weight excluding hydrogens is 312 g/mol. The monoisotopic (exact) mass is 332 g/mol. The fraction of sp³-hybridized carbons (Fsp3) is 0.235. The predicted molar refractivity (Wildman–Crippen MR) is 91.7 cm³/mol. The van der Waals surface area contributed by atoms with Crippen LogP contribution in [0.5, 0.6) is 23.0 Å². The standard InChI is InChI=1S/C17H20N2O5/c1-21-11-8-9-13(22-2)12(10-11)18-17(20)19-16-14(23-3)6-5-7-15(16)24-4/h5-10H,1-4H3,(H2,18,19,20). The Bertz CT molecular complexity index is 696. The molecule has 0 heterocycles. The third-order valence-corrected chi connectivity index (χ3v) is 3.32. The molecule has 0 saturated heterocycles. The largest absolute Gasteiger partial charge is 0.497 e. The van der Waals surface area contributed by atoms with Crippen LogP contribution in [0.2, 0.25) is 0 Å². The van der Waals surface area contributed by atoms with Crippen LogP contribution in [0.15, 0.2) is 36.4 Å². The molecule has 2 amide bonds. The highest BCUT2D eigenvalue weighted by Gasteiger charge is 2.15. The average Bonchev–Trinajstić information content (AvgIpc) is 2.61. The van der Waals surface area contributed by atoms with Gasteiger partial charge in [-0.2, -0.15) is 0 Å². The van der Waals surface area contributed by atoms with E-state index < -0.39 is 6.03 Å². The highest BCUT2D eigenvalue weighted by molar-refractivity contribution is 6.02. The topological polar surface area (TPSA) is 78.1 Å². The predicted octanol–water partition coefficient (Wildman–Crippen LogP) is 3.37. The third-order valence-electron chi connectivity index (χ3n) is 3.32. The van der Waals surface area contributed by atoms with Crippen LogP contribution in [0.25, 0.3) is 0 Å². The molecule has 0 aromatic heterocycles. The van der Waals surface area contributed by atoms with Crippen LogP contribution in [0.1, 0.15) is 0 Å². The second-order valence-electron chi connectivity index (χ2n) is 4.68. The molecule has 2 N–H and O–H groups in total. The molecule has 2 aromatic rings. The average molecular weight is 332 g/mol. The number of carbonyl (C=O) groups excluding carboxylic acids is 1. The number of rotatable bonds is 6. The van der Waals surface area contributed by atoms with Crippen LogP contribution in [-0.4, -0.2) is 34.5 Å². The summed E-state index contributed by atoms with van der Waals surface area (Å²) in [5.74, 6) is 2.09. The van der Waals surface area contributed by atoms with Gasteiger partial charge in [0.05, 0.1) is 34.1 Å². The summed E-state index contributed by atoms with van der Waals surface area (Å²) in [7, 11) is 6.10. The fourth-order valence-electron chi connectivity index (χ4n) is 2.15. The minimum absolute atomic E-state index is 0.432. The molecule has 24 heavy (non-hydrogen) atoms. The van der Waals surface area contributed by atoms with Gasteiger partial charge in [-0.25, -0.2) is 4.79 Å². The van der Waals surface area contributed by atoms with Gasteiger partial charge in [0.2, 0.25) is 0 Å². The number of amides is 2. The maximum absolute atomic E-state index is 12.4. The zero-order chi connectivity index (χ0) is 17.5. The molecule has 7 nitrogen and oxygen atoms in total. The SMILES string of the molecule is COc1ccc(OC)c(NC(=O)Nc2c(OC)cccc2OC)c1. The quantitative estimate of drug-likeness (QED) is 0.848. The number of hydrogen-bond acceptors (Lipinski definition) is 5. The molecule has 0 aliphatic carbocycles. The Labute approximate surface area is 140 Å². The van der Waals surface area contributed by atoms with Gasteiger partial charge in [0.1, 0.15) is 28.7 Å². The second-order valence-corrected chi connectivity index (χ2v) is 4.68. The molecule has 0 unspecified atom stereocenters. The molecular formula is C17H20N2O5. The second kappa shape index (κ2) is 7.96. The maximum atomic E-state index is 12.4. The van der Waals surface area contributed by atoms with Crippen LogP contribution in [-0.2, 0) is 0 Å². The molecule has 7 heteroatoms. The van der Waals surface area contributed by atoms with Crippen LogP contribution in [0.4, 0.5) is 16.2 Å². The van der Waals surface area contributed by atoms with Gasteiger partial charge < -0.3 is 29.6 Å². The number of ether oxygens (including phenoxy) is 4. The summed E-state index contributed by atoms with van der Waals surface area (Å²) >= 11 is 0. The van der Waals surface area contributed by atoms with Crippen molar-refractivity contribution in [2.45, 2.75) is 0 Å². The summed E-state index contributed by atoms with van der Waals surface area (Å²) in [5.41, 5.74) is 0.907. The first-order chi connectivity index (χ1) is 11.6. The Kier molecular flexibility index (Phi) is 5.73. The van der Waals surface area contributed by atoms with E-state index in [-0.39, 0.29) is 0 Å². The number of methoxy groups -OCH3 is 4. The van der Waals surface area contributed by atoms with Crippen LogP contribution < -0.4 is 29.6 Å². The van der Waals surface area contributed by atoms with Crippen molar-refractivity contribution in [2.75, 3.05) is 39.1 Å². The molecule has 128 valence electrons. The van der Waals surface area contributed by atoms with E-state index in [2.05, 4.69) is 10.6 Å². The first-order valence-electron chi connectivity index (χ1n) is 7.14. The van der Waals surface area contributed by atoms with Gasteiger partial charge in [-0.15, -0.1) is 0 Å². The van der Waals surface area contributed by atoms with Gasteiger partial charge in [-0.1, -0.05) is 6.07 Å². The van der Waals surface area contributed by atoms with E-state index in [4.69, 9.17) is 18.9 Å². The van der Waals surface area contributed by atoms with Crippen molar-refractivity contribution in [1.29, 1.82) is 0 Å². The lowest BCUT2D eigenvalue weighted by Gasteiger charge is -2.16. The maximum Gasteiger partial charge on any atom is 0.324 e. The third kappa shape index (κ3) is 3.81. The van der Waals surface area contributed by atoms with Crippen molar-refractivity contribution < 1.29 is 23.7 Å². The number of hydrogen-bond donors (Lipinski definition) is 2. The Balaban J connectivity index is 2.23. The van der Waals surface area contributed by atoms with Gasteiger partial charge in [0.25, 0.3) is 0 Å². The summed E-state index contributed by atoms with van der Waals surface area (Å²) in [6, 6.07) is 9.87. The van der Waals surface area contributed by atoms with Gasteiger partial charge >= 0.3 is 6.03 Å². The molecule has 0 atom stereocenters. The molecule has 0 aliphatic heterocycles. The highest BCUT2D eigenvalue weighted by Crippen LogP contribution is 2.35. The number of benzene rings is 2. The van der Waals surface area contributed by atoms with Gasteiger partial charge in [-0.05, 0) is 24.3 Å². The van der Waals surface area contributed by atoms with Crippen molar-refractivity contribution in [2.24, 2.45) is 0 Å². The number of urea groups is 1. The Morgan fingerprint density at radius 3 is 1.96 bits per heavy atom. The van der Waals surface area contributed by atoms with E-state index >= 15 is 0 Å². The molecule has 0 aliphatic rings. The number of nitrogens with one attached hydrogen (secondary N) is 2. The lowest BCUT2D eigenvalue weighted by atomic mass is 10.2. The summed E-state index contributed by atoms with van der Waals surface area (Å²) in [4.78, 5) is 12.4. The summed E-state index contributed by atoms with van der Waals surface area (Å²) in [6.45, 7) is 0. The van der Waals surface area contributed by atoms with Crippen molar-refractivity contribution in [3.05, 3.63) is 36.4 Å². The molecule has 2 aromatic carbocycles. The minimum atomic E-state index is -0.468. The van der Waals surface area contributed by atoms with Crippen molar-refractivity contribution in [3.63, 3.8) is 0 Å². The van der Waals surface area contributed by atoms with E-state index in [1.54, 1.807) is 43.5 Å². The van der Waals surface area contributed by atoms with Gasteiger partial charge in [0.15, 0.2) is 0 Å². The number of anilines is 2. The molecule has 2 rings (SSSR count). The van der Waals surface area contributed by atoms with E-state index in [0.29, 0.717) is 34.4 Å². The summed E-state index contributed by atoms with van der Waals surface area (Å²) in [5, 5.41) is 5.44. The molecule has 0 fully saturated rings. The lowest BCUT2D eigenvalue weighted by Crippen LogP contribution is -2.20. The normalized spacial score (nSPS) is 9.83. The van der Waals surface area contributed by atoms with E-state index in [1.807, 2.05) is 0 Å². The Morgan fingerprint density at radius 2 is 1.42 bits per heavy atom. The van der Waals surface area contributed by atoms with Gasteiger partial charge in [0, 0.05) is 6.07 Å². The number of carbonyl (C=O) groups is 1. The number of para-hydroxylation sites is 1. The van der Waals surface area contributed by atoms with Crippen LogP contribution in [0, 0.1) is 0 Å². The van der Waals surface area contributed by atoms with E-state index in [1.165, 1.54) is 21.3 Å². The zero-order valence-electron chi connectivity index (χ0n) is 14.0. The summed E-state index contributed by atoms with van der Waals surface area (Å²) in [6.07, 6.45) is 0. The van der Waals surface area contributed by atoms with Gasteiger partial charge in [-0.3, -0.25) is 0 Å². The molecule has 0 bridgehead atoms. The minimum Gasteiger partial charge on any atom is -0.497 e. The van der Waals surface area contributed by atoms with Crippen LogP contribution >= 0.6 is 0 Å².